The minimum absolute atomic E-state index is 0.0317. The summed E-state index contributed by atoms with van der Waals surface area (Å²) in [4.78, 5) is 24.7. The number of pyridine rings is 2. The van der Waals surface area contributed by atoms with Gasteiger partial charge in [0.1, 0.15) is 23.3 Å². The maximum Gasteiger partial charge on any atom is 0.334 e. The van der Waals surface area contributed by atoms with Crippen molar-refractivity contribution >= 4 is 29.2 Å². The van der Waals surface area contributed by atoms with Crippen LogP contribution >= 0.6 is 23.2 Å². The maximum absolute atomic E-state index is 11.4. The summed E-state index contributed by atoms with van der Waals surface area (Å²) < 4.78 is 34.5. The molecule has 2 unspecified atom stereocenters. The van der Waals surface area contributed by atoms with Crippen molar-refractivity contribution in [3.8, 4) is 34.6 Å². The normalized spacial score (nSPS) is 17.9. The van der Waals surface area contributed by atoms with E-state index in [-0.39, 0.29) is 44.2 Å². The van der Waals surface area contributed by atoms with Crippen LogP contribution in [0.25, 0.3) is 11.1 Å². The molecule has 13 nitrogen and oxygen atoms in total. The number of hydrogen-bond donors (Lipinski definition) is 2. The van der Waals surface area contributed by atoms with Gasteiger partial charge in [0.05, 0.1) is 40.1 Å². The molecule has 55 heavy (non-hydrogen) atoms. The van der Waals surface area contributed by atoms with Crippen molar-refractivity contribution in [3.05, 3.63) is 92.0 Å². The molecule has 2 N–H and O–H groups in total. The van der Waals surface area contributed by atoms with Gasteiger partial charge in [0.2, 0.25) is 23.5 Å². The minimum atomic E-state index is -0.992. The van der Waals surface area contributed by atoms with E-state index in [0.717, 1.165) is 51.1 Å². The van der Waals surface area contributed by atoms with E-state index in [1.807, 2.05) is 35.2 Å². The van der Waals surface area contributed by atoms with Gasteiger partial charge in [0.15, 0.2) is 6.10 Å². The van der Waals surface area contributed by atoms with Crippen LogP contribution in [-0.4, -0.2) is 108 Å². The fraction of sp³-hybridized carbons (Fsp3) is 0.425. The molecule has 0 bridgehead atoms. The third-order valence-electron chi connectivity index (χ3n) is 9.90. The number of aliphatic carboxylic acids is 1. The number of hydrogen-bond acceptors (Lipinski definition) is 12. The van der Waals surface area contributed by atoms with Gasteiger partial charge in [0.25, 0.3) is 0 Å². The molecule has 2 aliphatic heterocycles. The molecule has 2 atom stereocenters. The van der Waals surface area contributed by atoms with E-state index < -0.39 is 12.1 Å². The number of morpholine rings is 2. The van der Waals surface area contributed by atoms with Crippen molar-refractivity contribution < 1.29 is 43.4 Å². The van der Waals surface area contributed by atoms with Gasteiger partial charge in [-0.15, -0.1) is 0 Å². The van der Waals surface area contributed by atoms with Gasteiger partial charge < -0.3 is 38.6 Å². The molecule has 294 valence electrons. The van der Waals surface area contributed by atoms with Crippen molar-refractivity contribution in [2.24, 2.45) is 0 Å². The van der Waals surface area contributed by atoms with Crippen LogP contribution in [0.4, 0.5) is 0 Å². The molecule has 2 aromatic heterocycles. The second kappa shape index (κ2) is 18.6. The number of carboxylic acid groups (broad SMARTS) is 1. The monoisotopic (exact) mass is 796 g/mol. The standard InChI is InChI=1S/C40H46Cl2N4O9/c1-24-26(22-54-38-33(41)15-28(36(43-38)50-3)17-45-11-13-52-30(19-45)21-47)7-5-9-31(24)32-10-6-8-27(25(32)2)23-55-39-34(42)16-29(37(44-39)51-4)18-46-12-14-53-35(20-46)40(48)49/h5-10,15-16,30,35,47H,11-14,17-23H2,1-4H3,(H,48,49). The summed E-state index contributed by atoms with van der Waals surface area (Å²) in [5.74, 6) is 0.312. The van der Waals surface area contributed by atoms with E-state index >= 15 is 0 Å². The molecule has 0 amide bonds. The fourth-order valence-electron chi connectivity index (χ4n) is 6.84. The Morgan fingerprint density at radius 3 is 1.73 bits per heavy atom. The number of carboxylic acids is 1. The highest BCUT2D eigenvalue weighted by molar-refractivity contribution is 6.32. The first-order valence-corrected chi connectivity index (χ1v) is 18.7. The molecule has 0 saturated carbocycles. The lowest BCUT2D eigenvalue weighted by molar-refractivity contribution is -0.156. The van der Waals surface area contributed by atoms with E-state index in [9.17, 15) is 15.0 Å². The Morgan fingerprint density at radius 1 is 0.764 bits per heavy atom. The highest BCUT2D eigenvalue weighted by Gasteiger charge is 2.28. The lowest BCUT2D eigenvalue weighted by Gasteiger charge is -2.32. The van der Waals surface area contributed by atoms with E-state index in [1.54, 1.807) is 13.2 Å². The zero-order valence-corrected chi connectivity index (χ0v) is 32.9. The van der Waals surface area contributed by atoms with Crippen LogP contribution in [0.5, 0.6) is 23.5 Å². The summed E-state index contributed by atoms with van der Waals surface area (Å²) in [5.41, 5.74) is 7.67. The third-order valence-corrected chi connectivity index (χ3v) is 10.4. The Morgan fingerprint density at radius 2 is 1.25 bits per heavy atom. The number of aliphatic hydroxyl groups excluding tert-OH is 1. The van der Waals surface area contributed by atoms with Crippen LogP contribution in [0.1, 0.15) is 33.4 Å². The fourth-order valence-corrected chi connectivity index (χ4v) is 7.29. The summed E-state index contributed by atoms with van der Waals surface area (Å²) in [6.45, 7) is 8.52. The second-order valence-electron chi connectivity index (χ2n) is 13.5. The number of rotatable bonds is 15. The van der Waals surface area contributed by atoms with E-state index in [0.29, 0.717) is 61.2 Å². The second-order valence-corrected chi connectivity index (χ2v) is 14.3. The molecule has 6 rings (SSSR count). The van der Waals surface area contributed by atoms with E-state index in [4.69, 9.17) is 51.6 Å². The average Bonchev–Trinajstić information content (AvgIpc) is 3.18. The summed E-state index contributed by atoms with van der Waals surface area (Å²) in [5, 5.41) is 19.6. The molecule has 2 saturated heterocycles. The molecule has 2 aliphatic rings. The van der Waals surface area contributed by atoms with Gasteiger partial charge >= 0.3 is 5.97 Å². The Kier molecular flexibility index (Phi) is 13.7. The highest BCUT2D eigenvalue weighted by atomic mass is 35.5. The van der Waals surface area contributed by atoms with Gasteiger partial charge in [-0.05, 0) is 59.4 Å². The number of carbonyl (C=O) groups is 1. The number of nitrogens with zero attached hydrogens (tertiary/aromatic N) is 4. The zero-order chi connectivity index (χ0) is 39.1. The third kappa shape index (κ3) is 9.79. The predicted molar refractivity (Wildman–Crippen MR) is 206 cm³/mol. The Balaban J connectivity index is 1.13. The van der Waals surface area contributed by atoms with Gasteiger partial charge in [-0.25, -0.2) is 4.79 Å². The minimum Gasteiger partial charge on any atom is -0.481 e. The van der Waals surface area contributed by atoms with Gasteiger partial charge in [-0.1, -0.05) is 59.6 Å². The highest BCUT2D eigenvalue weighted by Crippen LogP contribution is 2.35. The molecular formula is C40H46Cl2N4O9. The van der Waals surface area contributed by atoms with Crippen LogP contribution in [0.3, 0.4) is 0 Å². The van der Waals surface area contributed by atoms with Gasteiger partial charge in [0, 0.05) is 50.4 Å². The first-order chi connectivity index (χ1) is 26.6. The number of aromatic nitrogens is 2. The van der Waals surface area contributed by atoms with E-state index in [1.165, 1.54) is 7.11 Å². The SMILES string of the molecule is COc1nc(OCc2cccc(-c3cccc(COc4nc(OC)c(CN5CCOC(C(=O)O)C5)cc4Cl)c3C)c2C)c(Cl)cc1CN1CCOC(CO)C1. The molecule has 2 aromatic carbocycles. The summed E-state index contributed by atoms with van der Waals surface area (Å²) in [7, 11) is 3.10. The predicted octanol–water partition coefficient (Wildman–Crippen LogP) is 5.72. The zero-order valence-electron chi connectivity index (χ0n) is 31.3. The van der Waals surface area contributed by atoms with Crippen molar-refractivity contribution in [2.45, 2.75) is 52.4 Å². The van der Waals surface area contributed by atoms with Crippen LogP contribution in [-0.2, 0) is 40.6 Å². The van der Waals surface area contributed by atoms with Crippen LogP contribution in [0.15, 0.2) is 48.5 Å². The Hall–Kier alpha value is -4.21. The molecule has 4 aromatic rings. The first kappa shape index (κ1) is 40.5. The van der Waals surface area contributed by atoms with Gasteiger partial charge in [-0.2, -0.15) is 9.97 Å². The van der Waals surface area contributed by atoms with Crippen molar-refractivity contribution in [1.82, 2.24) is 19.8 Å². The number of benzene rings is 2. The molecule has 0 aliphatic carbocycles. The lowest BCUT2D eigenvalue weighted by Crippen LogP contribution is -2.45. The molecule has 0 radical (unpaired) electrons. The molecule has 4 heterocycles. The topological polar surface area (TPSA) is 145 Å². The number of methoxy groups -OCH3 is 2. The van der Waals surface area contributed by atoms with Crippen molar-refractivity contribution in [1.29, 1.82) is 0 Å². The number of halogens is 2. The summed E-state index contributed by atoms with van der Waals surface area (Å²) >= 11 is 13.3. The number of aliphatic hydroxyl groups is 1. The van der Waals surface area contributed by atoms with Crippen molar-refractivity contribution in [2.75, 3.05) is 60.2 Å². The summed E-state index contributed by atoms with van der Waals surface area (Å²) in [6, 6.07) is 15.8. The quantitative estimate of drug-likeness (QED) is 0.151. The molecule has 0 spiro atoms. The van der Waals surface area contributed by atoms with Crippen molar-refractivity contribution in [3.63, 3.8) is 0 Å². The maximum atomic E-state index is 11.4. The van der Waals surface area contributed by atoms with Gasteiger partial charge in [-0.3, -0.25) is 9.80 Å². The average molecular weight is 798 g/mol. The molecule has 15 heteroatoms. The van der Waals surface area contributed by atoms with Crippen LogP contribution < -0.4 is 18.9 Å². The molecule has 2 fully saturated rings. The van der Waals surface area contributed by atoms with Crippen LogP contribution in [0.2, 0.25) is 10.0 Å². The Bertz CT molecular complexity index is 1980. The first-order valence-electron chi connectivity index (χ1n) is 18.0. The number of ether oxygens (including phenoxy) is 6. The van der Waals surface area contributed by atoms with E-state index in [2.05, 4.69) is 40.8 Å². The Labute approximate surface area is 330 Å². The summed E-state index contributed by atoms with van der Waals surface area (Å²) in [6.07, 6.45) is -1.11. The van der Waals surface area contributed by atoms with Crippen LogP contribution in [0, 0.1) is 13.8 Å². The smallest absolute Gasteiger partial charge is 0.334 e. The lowest BCUT2D eigenvalue weighted by atomic mass is 9.92. The molecular weight excluding hydrogens is 751 g/mol. The largest absolute Gasteiger partial charge is 0.481 e.